The van der Waals surface area contributed by atoms with E-state index in [0.717, 1.165) is 30.5 Å². The molecule has 0 aliphatic carbocycles. The SMILES string of the molecule is CCCn1cnc2ccc(-c3ccc(N4CCCC4=O)nc3)cc2c1=O. The molecule has 0 radical (unpaired) electrons. The molecule has 0 saturated carbocycles. The molecule has 6 heteroatoms. The van der Waals surface area contributed by atoms with E-state index in [9.17, 15) is 9.59 Å². The van der Waals surface area contributed by atoms with E-state index in [4.69, 9.17) is 0 Å². The second-order valence-corrected chi connectivity index (χ2v) is 6.53. The summed E-state index contributed by atoms with van der Waals surface area (Å²) in [5.74, 6) is 0.808. The number of aromatic nitrogens is 3. The number of pyridine rings is 1. The number of carbonyl (C=O) groups is 1. The minimum absolute atomic E-state index is 0.0223. The van der Waals surface area contributed by atoms with Gasteiger partial charge >= 0.3 is 0 Å². The number of hydrogen-bond donors (Lipinski definition) is 0. The highest BCUT2D eigenvalue weighted by Crippen LogP contribution is 2.25. The van der Waals surface area contributed by atoms with E-state index < -0.39 is 0 Å². The smallest absolute Gasteiger partial charge is 0.261 e. The molecular formula is C20H20N4O2. The van der Waals surface area contributed by atoms with Crippen LogP contribution in [0.4, 0.5) is 5.82 Å². The van der Waals surface area contributed by atoms with Crippen LogP contribution >= 0.6 is 0 Å². The summed E-state index contributed by atoms with van der Waals surface area (Å²) in [4.78, 5) is 35.0. The van der Waals surface area contributed by atoms with Crippen LogP contribution in [0, 0.1) is 0 Å². The number of benzene rings is 1. The molecule has 6 nitrogen and oxygen atoms in total. The second kappa shape index (κ2) is 6.71. The van der Waals surface area contributed by atoms with Crippen molar-refractivity contribution >= 4 is 22.6 Å². The Morgan fingerprint density at radius 2 is 1.92 bits per heavy atom. The fourth-order valence-corrected chi connectivity index (χ4v) is 3.35. The summed E-state index contributed by atoms with van der Waals surface area (Å²) in [5, 5.41) is 0.609. The third-order valence-corrected chi connectivity index (χ3v) is 4.72. The van der Waals surface area contributed by atoms with Crippen molar-refractivity contribution in [3.63, 3.8) is 0 Å². The number of carbonyl (C=O) groups excluding carboxylic acids is 1. The Morgan fingerprint density at radius 1 is 1.08 bits per heavy atom. The Morgan fingerprint density at radius 3 is 2.62 bits per heavy atom. The van der Waals surface area contributed by atoms with Gasteiger partial charge in [0.05, 0.1) is 17.2 Å². The molecule has 3 aromatic rings. The molecular weight excluding hydrogens is 328 g/mol. The van der Waals surface area contributed by atoms with Crippen molar-refractivity contribution in [2.45, 2.75) is 32.7 Å². The molecule has 1 aromatic carbocycles. The quantitative estimate of drug-likeness (QED) is 0.727. The molecule has 26 heavy (non-hydrogen) atoms. The van der Waals surface area contributed by atoms with Gasteiger partial charge in [-0.2, -0.15) is 0 Å². The lowest BCUT2D eigenvalue weighted by molar-refractivity contribution is -0.117. The molecule has 132 valence electrons. The summed E-state index contributed by atoms with van der Waals surface area (Å²) in [6.07, 6.45) is 5.71. The summed E-state index contributed by atoms with van der Waals surface area (Å²) in [7, 11) is 0. The lowest BCUT2D eigenvalue weighted by atomic mass is 10.1. The van der Waals surface area contributed by atoms with Crippen LogP contribution in [0.15, 0.2) is 47.7 Å². The van der Waals surface area contributed by atoms with E-state index in [1.807, 2.05) is 37.3 Å². The number of aryl methyl sites for hydroxylation is 1. The van der Waals surface area contributed by atoms with Gasteiger partial charge in [-0.05, 0) is 42.7 Å². The molecule has 0 atom stereocenters. The first kappa shape index (κ1) is 16.4. The zero-order valence-corrected chi connectivity index (χ0v) is 14.7. The molecule has 0 spiro atoms. The summed E-state index contributed by atoms with van der Waals surface area (Å²) in [6.45, 7) is 3.42. The van der Waals surface area contributed by atoms with Gasteiger partial charge in [-0.15, -0.1) is 0 Å². The average molecular weight is 348 g/mol. The van der Waals surface area contributed by atoms with Crippen molar-refractivity contribution in [2.75, 3.05) is 11.4 Å². The van der Waals surface area contributed by atoms with Crippen molar-refractivity contribution in [1.29, 1.82) is 0 Å². The van der Waals surface area contributed by atoms with Gasteiger partial charge in [0, 0.05) is 31.3 Å². The van der Waals surface area contributed by atoms with Crippen molar-refractivity contribution in [1.82, 2.24) is 14.5 Å². The standard InChI is InChI=1S/C20H20N4O2/c1-2-9-23-13-22-17-7-5-14(11-16(17)20(23)26)15-6-8-18(21-12-15)24-10-3-4-19(24)25/h5-8,11-13H,2-4,9-10H2,1H3. The van der Waals surface area contributed by atoms with Crippen LogP contribution in [0.5, 0.6) is 0 Å². The van der Waals surface area contributed by atoms with Gasteiger partial charge < -0.3 is 0 Å². The zero-order chi connectivity index (χ0) is 18.1. The minimum atomic E-state index is -0.0223. The van der Waals surface area contributed by atoms with Gasteiger partial charge in [0.25, 0.3) is 5.56 Å². The predicted molar refractivity (Wildman–Crippen MR) is 101 cm³/mol. The maximum Gasteiger partial charge on any atom is 0.261 e. The van der Waals surface area contributed by atoms with Gasteiger partial charge in [0.2, 0.25) is 5.91 Å². The van der Waals surface area contributed by atoms with Crippen LogP contribution in [0.2, 0.25) is 0 Å². The molecule has 1 aliphatic heterocycles. The van der Waals surface area contributed by atoms with Gasteiger partial charge in [-0.3, -0.25) is 19.1 Å². The number of fused-ring (bicyclic) bond motifs is 1. The highest BCUT2D eigenvalue weighted by molar-refractivity contribution is 5.94. The van der Waals surface area contributed by atoms with E-state index in [1.54, 1.807) is 22.0 Å². The number of rotatable bonds is 4. The van der Waals surface area contributed by atoms with Crippen molar-refractivity contribution in [3.05, 3.63) is 53.2 Å². The summed E-state index contributed by atoms with van der Waals surface area (Å²) in [6, 6.07) is 9.48. The Labute approximate surface area is 151 Å². The van der Waals surface area contributed by atoms with E-state index in [2.05, 4.69) is 9.97 Å². The Hall–Kier alpha value is -3.02. The number of amides is 1. The highest BCUT2D eigenvalue weighted by Gasteiger charge is 2.22. The Balaban J connectivity index is 1.71. The fraction of sp³-hybridized carbons (Fsp3) is 0.300. The molecule has 1 amide bonds. The zero-order valence-electron chi connectivity index (χ0n) is 14.7. The highest BCUT2D eigenvalue weighted by atomic mass is 16.2. The molecule has 0 bridgehead atoms. The Bertz CT molecular complexity index is 1020. The van der Waals surface area contributed by atoms with E-state index in [-0.39, 0.29) is 11.5 Å². The monoisotopic (exact) mass is 348 g/mol. The lowest BCUT2D eigenvalue weighted by Crippen LogP contribution is -2.24. The summed E-state index contributed by atoms with van der Waals surface area (Å²) in [5.41, 5.74) is 2.49. The number of nitrogens with zero attached hydrogens (tertiary/aromatic N) is 4. The van der Waals surface area contributed by atoms with Crippen molar-refractivity contribution in [3.8, 4) is 11.1 Å². The van der Waals surface area contributed by atoms with Gasteiger partial charge in [0.15, 0.2) is 0 Å². The molecule has 0 unspecified atom stereocenters. The summed E-state index contributed by atoms with van der Waals surface area (Å²) >= 11 is 0. The van der Waals surface area contributed by atoms with Crippen LogP contribution in [0.3, 0.4) is 0 Å². The first-order valence-corrected chi connectivity index (χ1v) is 8.93. The number of anilines is 1. The molecule has 0 N–H and O–H groups in total. The third-order valence-electron chi connectivity index (χ3n) is 4.72. The van der Waals surface area contributed by atoms with Crippen LogP contribution < -0.4 is 10.5 Å². The van der Waals surface area contributed by atoms with Crippen molar-refractivity contribution < 1.29 is 4.79 Å². The first-order valence-electron chi connectivity index (χ1n) is 8.93. The third kappa shape index (κ3) is 2.87. The van der Waals surface area contributed by atoms with Crippen LogP contribution in [-0.2, 0) is 11.3 Å². The molecule has 1 fully saturated rings. The molecule has 3 heterocycles. The van der Waals surface area contributed by atoms with Crippen molar-refractivity contribution in [2.24, 2.45) is 0 Å². The largest absolute Gasteiger partial charge is 0.299 e. The lowest BCUT2D eigenvalue weighted by Gasteiger charge is -2.14. The average Bonchev–Trinajstić information content (AvgIpc) is 3.10. The molecule has 2 aromatic heterocycles. The van der Waals surface area contributed by atoms with Gasteiger partial charge in [-0.25, -0.2) is 9.97 Å². The second-order valence-electron chi connectivity index (χ2n) is 6.53. The van der Waals surface area contributed by atoms with Crippen LogP contribution in [0.1, 0.15) is 26.2 Å². The minimum Gasteiger partial charge on any atom is -0.299 e. The normalized spacial score (nSPS) is 14.3. The first-order chi connectivity index (χ1) is 12.7. The van der Waals surface area contributed by atoms with Gasteiger partial charge in [0.1, 0.15) is 5.82 Å². The maximum absolute atomic E-state index is 12.6. The van der Waals surface area contributed by atoms with E-state index in [1.165, 1.54) is 0 Å². The number of hydrogen-bond acceptors (Lipinski definition) is 4. The molecule has 1 aliphatic rings. The van der Waals surface area contributed by atoms with Crippen LogP contribution in [-0.4, -0.2) is 27.0 Å². The molecule has 4 rings (SSSR count). The van der Waals surface area contributed by atoms with Crippen LogP contribution in [0.25, 0.3) is 22.0 Å². The van der Waals surface area contributed by atoms with E-state index in [0.29, 0.717) is 29.7 Å². The Kier molecular flexibility index (Phi) is 4.24. The van der Waals surface area contributed by atoms with Gasteiger partial charge in [-0.1, -0.05) is 13.0 Å². The summed E-state index contributed by atoms with van der Waals surface area (Å²) < 4.78 is 1.65. The topological polar surface area (TPSA) is 68.1 Å². The van der Waals surface area contributed by atoms with E-state index >= 15 is 0 Å². The maximum atomic E-state index is 12.6. The fourth-order valence-electron chi connectivity index (χ4n) is 3.35. The predicted octanol–water partition coefficient (Wildman–Crippen LogP) is 3.00. The molecule has 1 saturated heterocycles.